The number of likely N-dealkylation sites (tertiary alicyclic amines) is 2. The van der Waals surface area contributed by atoms with Crippen LogP contribution in [0.15, 0.2) is 49.4 Å². The van der Waals surface area contributed by atoms with E-state index >= 15 is 0 Å². The normalized spacial score (nSPS) is 23.5. The van der Waals surface area contributed by atoms with Crippen LogP contribution in [0.4, 0.5) is 0 Å². The number of aromatic nitrogens is 5. The fourth-order valence-corrected chi connectivity index (χ4v) is 5.43. The van der Waals surface area contributed by atoms with Gasteiger partial charge in [-0.2, -0.15) is 5.10 Å². The molecule has 0 saturated carbocycles. The average Bonchev–Trinajstić information content (AvgIpc) is 3.59. The smallest absolute Gasteiger partial charge is 0.231 e. The molecular formula is C25H33N7O. The molecule has 0 N–H and O–H groups in total. The van der Waals surface area contributed by atoms with Crippen LogP contribution in [-0.2, 0) is 24.4 Å². The molecule has 0 radical (unpaired) electrons. The molecule has 8 heteroatoms. The summed E-state index contributed by atoms with van der Waals surface area (Å²) in [5.74, 6) is 0.351. The summed E-state index contributed by atoms with van der Waals surface area (Å²) in [5.41, 5.74) is 2.93. The molecule has 2 saturated heterocycles. The van der Waals surface area contributed by atoms with Gasteiger partial charge in [-0.25, -0.2) is 4.98 Å². The zero-order chi connectivity index (χ0) is 23.0. The van der Waals surface area contributed by atoms with Gasteiger partial charge < -0.3 is 9.47 Å². The maximum atomic E-state index is 13.9. The Hall–Kier alpha value is -3.00. The monoisotopic (exact) mass is 447 g/mol. The Kier molecular flexibility index (Phi) is 5.78. The molecule has 2 aliphatic heterocycles. The van der Waals surface area contributed by atoms with E-state index in [1.165, 1.54) is 5.56 Å². The lowest BCUT2D eigenvalue weighted by Gasteiger charge is -2.28. The van der Waals surface area contributed by atoms with E-state index in [4.69, 9.17) is 4.98 Å². The van der Waals surface area contributed by atoms with Gasteiger partial charge in [-0.15, -0.1) is 0 Å². The fourth-order valence-electron chi connectivity index (χ4n) is 5.43. The minimum atomic E-state index is -0.427. The molecule has 174 valence electrons. The highest BCUT2D eigenvalue weighted by molar-refractivity contribution is 5.86. The van der Waals surface area contributed by atoms with Crippen molar-refractivity contribution < 1.29 is 4.79 Å². The van der Waals surface area contributed by atoms with Crippen LogP contribution in [-0.4, -0.2) is 59.7 Å². The van der Waals surface area contributed by atoms with E-state index in [2.05, 4.69) is 52.7 Å². The van der Waals surface area contributed by atoms with Gasteiger partial charge in [0.25, 0.3) is 0 Å². The first-order valence-corrected chi connectivity index (χ1v) is 11.9. The quantitative estimate of drug-likeness (QED) is 0.557. The van der Waals surface area contributed by atoms with E-state index in [9.17, 15) is 4.79 Å². The number of amides is 1. The van der Waals surface area contributed by atoms with E-state index in [-0.39, 0.29) is 11.8 Å². The molecule has 2 atom stereocenters. The van der Waals surface area contributed by atoms with Crippen molar-refractivity contribution in [3.63, 3.8) is 0 Å². The van der Waals surface area contributed by atoms with Crippen molar-refractivity contribution in [2.45, 2.75) is 58.8 Å². The number of pyridine rings is 1. The SMILES string of the molecule is CCn1cc(CN2C[C@@H](c3cn(C(C)C)cn3)[C@]3(CCN(Cc4ccncc4)C3=O)C2)cn1. The molecule has 2 fully saturated rings. The van der Waals surface area contributed by atoms with Crippen molar-refractivity contribution in [1.82, 2.24) is 34.1 Å². The zero-order valence-corrected chi connectivity index (χ0v) is 19.8. The van der Waals surface area contributed by atoms with Crippen molar-refractivity contribution in [1.29, 1.82) is 0 Å². The minimum absolute atomic E-state index is 0.0914. The van der Waals surface area contributed by atoms with Gasteiger partial charge in [0.1, 0.15) is 0 Å². The third-order valence-corrected chi connectivity index (χ3v) is 7.27. The van der Waals surface area contributed by atoms with Gasteiger partial charge in [-0.05, 0) is 44.9 Å². The summed E-state index contributed by atoms with van der Waals surface area (Å²) < 4.78 is 4.10. The highest BCUT2D eigenvalue weighted by atomic mass is 16.2. The molecule has 5 rings (SSSR count). The van der Waals surface area contributed by atoms with Gasteiger partial charge in [0, 0.05) is 81.6 Å². The van der Waals surface area contributed by atoms with Gasteiger partial charge in [0.15, 0.2) is 0 Å². The molecule has 0 unspecified atom stereocenters. The van der Waals surface area contributed by atoms with Crippen LogP contribution in [0.25, 0.3) is 0 Å². The molecule has 3 aromatic rings. The van der Waals surface area contributed by atoms with Crippen LogP contribution in [0.3, 0.4) is 0 Å². The molecular weight excluding hydrogens is 414 g/mol. The van der Waals surface area contributed by atoms with E-state index in [1.807, 2.05) is 34.2 Å². The molecule has 1 amide bonds. The van der Waals surface area contributed by atoms with Gasteiger partial charge in [-0.3, -0.25) is 19.4 Å². The predicted octanol–water partition coefficient (Wildman–Crippen LogP) is 3.09. The number of aryl methyl sites for hydroxylation is 1. The second kappa shape index (κ2) is 8.74. The molecule has 0 bridgehead atoms. The van der Waals surface area contributed by atoms with E-state index in [0.29, 0.717) is 12.6 Å². The molecule has 0 aliphatic carbocycles. The van der Waals surface area contributed by atoms with Crippen molar-refractivity contribution in [2.24, 2.45) is 5.41 Å². The van der Waals surface area contributed by atoms with Crippen molar-refractivity contribution in [3.8, 4) is 0 Å². The molecule has 2 aliphatic rings. The number of imidazole rings is 1. The largest absolute Gasteiger partial charge is 0.338 e. The van der Waals surface area contributed by atoms with E-state index < -0.39 is 5.41 Å². The highest BCUT2D eigenvalue weighted by Crippen LogP contribution is 2.50. The zero-order valence-electron chi connectivity index (χ0n) is 19.8. The summed E-state index contributed by atoms with van der Waals surface area (Å²) >= 11 is 0. The maximum absolute atomic E-state index is 13.9. The Labute approximate surface area is 195 Å². The molecule has 8 nitrogen and oxygen atoms in total. The van der Waals surface area contributed by atoms with Crippen molar-refractivity contribution in [2.75, 3.05) is 19.6 Å². The summed E-state index contributed by atoms with van der Waals surface area (Å²) in [6, 6.07) is 4.33. The standard InChI is InChI=1S/C25H33N7O/c1-4-32-14-21(11-28-32)12-29-15-22(23-16-31(18-27-23)19(2)3)25(17-29)7-10-30(24(25)33)13-20-5-8-26-9-6-20/h5-6,8-9,11,14,16,18-19,22H,4,7,10,12-13,15,17H2,1-3H3/t22-,25-/m0/s1. The predicted molar refractivity (Wildman–Crippen MR) is 125 cm³/mol. The van der Waals surface area contributed by atoms with Gasteiger partial charge >= 0.3 is 0 Å². The van der Waals surface area contributed by atoms with Crippen LogP contribution in [0.2, 0.25) is 0 Å². The van der Waals surface area contributed by atoms with E-state index in [1.54, 1.807) is 12.4 Å². The van der Waals surface area contributed by atoms with Gasteiger partial charge in [0.05, 0.1) is 23.6 Å². The lowest BCUT2D eigenvalue weighted by Crippen LogP contribution is -2.39. The number of hydrogen-bond acceptors (Lipinski definition) is 5. The Morgan fingerprint density at radius 2 is 1.97 bits per heavy atom. The third kappa shape index (κ3) is 4.08. The number of carbonyl (C=O) groups excluding carboxylic acids is 1. The summed E-state index contributed by atoms with van der Waals surface area (Å²) in [6.45, 7) is 11.1. The summed E-state index contributed by atoms with van der Waals surface area (Å²) in [7, 11) is 0. The lowest BCUT2D eigenvalue weighted by atomic mass is 9.75. The van der Waals surface area contributed by atoms with Crippen molar-refractivity contribution in [3.05, 3.63) is 66.3 Å². The first-order chi connectivity index (χ1) is 16.0. The first-order valence-electron chi connectivity index (χ1n) is 11.9. The number of nitrogens with zero attached hydrogens (tertiary/aromatic N) is 7. The number of hydrogen-bond donors (Lipinski definition) is 0. The molecule has 33 heavy (non-hydrogen) atoms. The van der Waals surface area contributed by atoms with Crippen LogP contribution in [0.5, 0.6) is 0 Å². The average molecular weight is 448 g/mol. The molecule has 5 heterocycles. The Bertz CT molecular complexity index is 1100. The summed E-state index contributed by atoms with van der Waals surface area (Å²) in [6.07, 6.45) is 12.6. The topological polar surface area (TPSA) is 72.1 Å². The van der Waals surface area contributed by atoms with Crippen molar-refractivity contribution >= 4 is 5.91 Å². The second-order valence-corrected chi connectivity index (χ2v) is 9.75. The Morgan fingerprint density at radius 1 is 1.15 bits per heavy atom. The Morgan fingerprint density at radius 3 is 2.67 bits per heavy atom. The van der Waals surface area contributed by atoms with Crippen LogP contribution in [0.1, 0.15) is 56.0 Å². The van der Waals surface area contributed by atoms with Crippen LogP contribution >= 0.6 is 0 Å². The van der Waals surface area contributed by atoms with E-state index in [0.717, 1.165) is 50.4 Å². The minimum Gasteiger partial charge on any atom is -0.338 e. The maximum Gasteiger partial charge on any atom is 0.231 e. The van der Waals surface area contributed by atoms with Gasteiger partial charge in [0.2, 0.25) is 5.91 Å². The molecule has 3 aromatic heterocycles. The lowest BCUT2D eigenvalue weighted by molar-refractivity contribution is -0.136. The number of rotatable bonds is 7. The van der Waals surface area contributed by atoms with Crippen LogP contribution < -0.4 is 0 Å². The highest BCUT2D eigenvalue weighted by Gasteiger charge is 2.57. The molecule has 1 spiro atoms. The Balaban J connectivity index is 1.42. The summed E-state index contributed by atoms with van der Waals surface area (Å²) in [5, 5.41) is 4.43. The van der Waals surface area contributed by atoms with Gasteiger partial charge in [-0.1, -0.05) is 0 Å². The van der Waals surface area contributed by atoms with Crippen LogP contribution in [0, 0.1) is 5.41 Å². The summed E-state index contributed by atoms with van der Waals surface area (Å²) in [4.78, 5) is 27.3. The number of carbonyl (C=O) groups is 1. The first kappa shape index (κ1) is 21.8. The second-order valence-electron chi connectivity index (χ2n) is 9.75. The fraction of sp³-hybridized carbons (Fsp3) is 0.520. The molecule has 0 aromatic carbocycles. The third-order valence-electron chi connectivity index (χ3n) is 7.27.